The summed E-state index contributed by atoms with van der Waals surface area (Å²) in [5.41, 5.74) is 0. The third-order valence-corrected chi connectivity index (χ3v) is 33.4. The van der Waals surface area contributed by atoms with E-state index in [9.17, 15) is 0 Å². The first-order chi connectivity index (χ1) is 25.0. The summed E-state index contributed by atoms with van der Waals surface area (Å²) in [5, 5.41) is 0. The van der Waals surface area contributed by atoms with Gasteiger partial charge in [-0.15, -0.1) is 0 Å². The number of rotatable bonds is 15. The van der Waals surface area contributed by atoms with Crippen molar-refractivity contribution >= 4 is 452 Å². The molecule has 0 aromatic heterocycles. The molecule has 0 bridgehead atoms. The lowest BCUT2D eigenvalue weighted by atomic mass is 9.96. The molecule has 0 rings (SSSR count). The van der Waals surface area contributed by atoms with Crippen LogP contribution >= 0.6 is 441 Å². The highest BCUT2D eigenvalue weighted by Gasteiger charge is 2.88. The van der Waals surface area contributed by atoms with Crippen molar-refractivity contribution in [1.82, 2.24) is 0 Å². The molecule has 0 heterocycles. The summed E-state index contributed by atoms with van der Waals surface area (Å²) < 4.78 is -37.8. The number of hydrogen-bond donors (Lipinski definition) is 1. The topological polar surface area (TPSA) is 60.4 Å². The summed E-state index contributed by atoms with van der Waals surface area (Å²) in [4.78, 5) is 0. The van der Waals surface area contributed by atoms with Gasteiger partial charge >= 0.3 is 0 Å². The molecule has 0 aliphatic rings. The summed E-state index contributed by atoms with van der Waals surface area (Å²) in [5.74, 6) is 0. The van der Waals surface area contributed by atoms with E-state index in [0.29, 0.717) is 0 Å². The number of alkyl halides is 38. The summed E-state index contributed by atoms with van der Waals surface area (Å²) in [7, 11) is 0. The molecular formula is C18HCl38O3S-. The van der Waals surface area contributed by atoms with Gasteiger partial charge in [0.25, 0.3) is 0 Å². The van der Waals surface area contributed by atoms with E-state index in [1.807, 2.05) is 0 Å². The number of halogens is 38. The lowest BCUT2D eigenvalue weighted by Crippen LogP contribution is -2.76. The summed E-state index contributed by atoms with van der Waals surface area (Å²) >= 11 is 238. The first-order valence-electron chi connectivity index (χ1n) is 11.9. The minimum absolute atomic E-state index is 2.86. The van der Waals surface area contributed by atoms with Crippen LogP contribution in [-0.2, 0) is 11.4 Å². The summed E-state index contributed by atoms with van der Waals surface area (Å²) in [6, 6.07) is 0. The SMILES string of the molecule is ClC(Cl)(Cl)C(Cl)(Cl)C(Cl)(Cl)C(Cl)(Cl)C(Cl)(Cl)C(Cl)(Cl)C(Cl)(Cl)C(Cl)(Cl)C(Cl)(Cl)C(Cl)(Cl)C(Cl)(Cl)C(Cl)(Cl)C(Cl)(Cl)C(Cl)(Cl)C(Cl)(Cl)C(Cl)(Cl)C(Cl)(Cl)C(Cl)(Cl)Cl.O=S([O-])O. The predicted octanol–water partition coefficient (Wildman–Crippen LogP) is 21.8. The van der Waals surface area contributed by atoms with Crippen molar-refractivity contribution in [3.05, 3.63) is 0 Å². The van der Waals surface area contributed by atoms with Crippen LogP contribution < -0.4 is 0 Å². The molecule has 0 amide bonds. The van der Waals surface area contributed by atoms with E-state index in [1.54, 1.807) is 0 Å². The molecule has 0 radical (unpaired) electrons. The molecule has 1 N–H and O–H groups in total. The van der Waals surface area contributed by atoms with Crippen LogP contribution in [0.3, 0.4) is 0 Å². The summed E-state index contributed by atoms with van der Waals surface area (Å²) in [6.45, 7) is 0. The highest BCUT2D eigenvalue weighted by Crippen LogP contribution is 2.79. The van der Waals surface area contributed by atoms with E-state index in [4.69, 9.17) is 454 Å². The zero-order valence-corrected chi connectivity index (χ0v) is 54.6. The van der Waals surface area contributed by atoms with Crippen molar-refractivity contribution in [3.8, 4) is 0 Å². The van der Waals surface area contributed by atoms with E-state index in [0.717, 1.165) is 0 Å². The van der Waals surface area contributed by atoms with Gasteiger partial charge in [-0.3, -0.25) is 0 Å². The second-order valence-corrected chi connectivity index (χ2v) is 36.6. The van der Waals surface area contributed by atoms with Gasteiger partial charge in [-0.2, -0.15) is 0 Å². The lowest BCUT2D eigenvalue weighted by molar-refractivity contribution is 0.392. The van der Waals surface area contributed by atoms with Crippen LogP contribution in [0.2, 0.25) is 0 Å². The minimum atomic E-state index is -3.71. The van der Waals surface area contributed by atoms with Crippen LogP contribution in [0.15, 0.2) is 0 Å². The van der Waals surface area contributed by atoms with E-state index < -0.39 is 88.3 Å². The van der Waals surface area contributed by atoms with E-state index in [-0.39, 0.29) is 0 Å². The standard InChI is InChI=1S/C18Cl38.H2O3S/c19-1(20,3(23,24)5(27,28)7(31,32)9(35,36)11(39,40)13(43,44)15(47,48)17(51,52)53)2(21,22)4(25,26)6(29,30)8(33,34)10(37,38)12(41,42)14(45,46)16(49,50)18(54,55)56;1-4(2)3/h;(H2,1,2,3)/p-1. The van der Waals surface area contributed by atoms with Crippen LogP contribution in [0.4, 0.5) is 0 Å². The molecule has 0 aliphatic carbocycles. The quantitative estimate of drug-likeness (QED) is 0.131. The first-order valence-corrected chi connectivity index (χ1v) is 27.3. The van der Waals surface area contributed by atoms with Gasteiger partial charge in [0.2, 0.25) is 16.3 Å². The highest BCUT2D eigenvalue weighted by atomic mass is 35.6. The average Bonchev–Trinajstić information content (AvgIpc) is 2.97. The third-order valence-electron chi connectivity index (χ3n) is 6.63. The van der Waals surface area contributed by atoms with Crippen molar-refractivity contribution in [2.45, 2.75) is 76.9 Å². The molecule has 0 spiro atoms. The van der Waals surface area contributed by atoms with Crippen LogP contribution in [0, 0.1) is 0 Å². The molecule has 1 atom stereocenters. The molecular weight excluding hydrogens is 1640 g/mol. The van der Waals surface area contributed by atoms with Gasteiger partial charge in [0.15, 0.2) is 60.7 Å². The maximum atomic E-state index is 8.56. The molecule has 1 unspecified atom stereocenters. The number of hydrogen-bond acceptors (Lipinski definition) is 2. The first kappa shape index (κ1) is 73.2. The predicted molar refractivity (Wildman–Crippen MR) is 283 cm³/mol. The Morgan fingerprint density at radius 1 is 0.217 bits per heavy atom. The van der Waals surface area contributed by atoms with Crippen LogP contribution in [0.5, 0.6) is 0 Å². The third kappa shape index (κ3) is 11.9. The Balaban J connectivity index is 0. The van der Waals surface area contributed by atoms with Crippen LogP contribution in [0.25, 0.3) is 0 Å². The van der Waals surface area contributed by atoms with E-state index in [2.05, 4.69) is 0 Å². The Hall–Kier alpha value is 11.1. The van der Waals surface area contributed by atoms with Crippen molar-refractivity contribution in [1.29, 1.82) is 0 Å². The molecule has 0 saturated heterocycles. The maximum absolute atomic E-state index is 8.56. The molecule has 3 nitrogen and oxygen atoms in total. The maximum Gasteiger partial charge on any atom is 0.226 e. The Kier molecular flexibility index (Phi) is 27.4. The van der Waals surface area contributed by atoms with Crippen LogP contribution in [-0.4, -0.2) is 90.2 Å². The van der Waals surface area contributed by atoms with Gasteiger partial charge in [-0.25, -0.2) is 4.21 Å². The fraction of sp³-hybridized carbons (Fsp3) is 1.00. The molecule has 0 aliphatic heterocycles. The highest BCUT2D eigenvalue weighted by molar-refractivity contribution is 7.73. The van der Waals surface area contributed by atoms with Gasteiger partial charge in [0, 0.05) is 0 Å². The Morgan fingerprint density at radius 3 is 0.317 bits per heavy atom. The minimum Gasteiger partial charge on any atom is -0.750 e. The zero-order chi connectivity index (χ0) is 50.6. The van der Waals surface area contributed by atoms with Crippen molar-refractivity contribution in [3.63, 3.8) is 0 Å². The fourth-order valence-electron chi connectivity index (χ4n) is 3.12. The van der Waals surface area contributed by atoms with Gasteiger partial charge in [0.05, 0.1) is 11.4 Å². The molecule has 0 aromatic rings. The second kappa shape index (κ2) is 22.4. The Labute approximate surface area is 533 Å². The molecule has 60 heavy (non-hydrogen) atoms. The van der Waals surface area contributed by atoms with E-state index in [1.165, 1.54) is 0 Å². The smallest absolute Gasteiger partial charge is 0.226 e. The molecule has 364 valence electrons. The van der Waals surface area contributed by atoms with Crippen molar-refractivity contribution in [2.75, 3.05) is 0 Å². The van der Waals surface area contributed by atoms with Gasteiger partial charge in [-0.05, 0) is 0 Å². The van der Waals surface area contributed by atoms with E-state index >= 15 is 0 Å². The van der Waals surface area contributed by atoms with Crippen molar-refractivity contribution < 1.29 is 13.3 Å². The Morgan fingerprint density at radius 2 is 0.267 bits per heavy atom. The van der Waals surface area contributed by atoms with Gasteiger partial charge < -0.3 is 9.11 Å². The molecule has 42 heteroatoms. The van der Waals surface area contributed by atoms with Crippen molar-refractivity contribution in [2.24, 2.45) is 0 Å². The second-order valence-electron chi connectivity index (χ2n) is 10.4. The monoisotopic (exact) mass is 1630 g/mol. The zero-order valence-electron chi connectivity index (χ0n) is 25.0. The summed E-state index contributed by atoms with van der Waals surface area (Å²) in [6.07, 6.45) is 0. The molecule has 0 saturated carbocycles. The molecule has 0 fully saturated rings. The normalized spacial score (nSPS) is 17.3. The Bertz CT molecular complexity index is 1430. The van der Waals surface area contributed by atoms with Gasteiger partial charge in [0.1, 0.15) is 0 Å². The van der Waals surface area contributed by atoms with Crippen LogP contribution in [0.1, 0.15) is 0 Å². The fourth-order valence-corrected chi connectivity index (χ4v) is 15.8. The molecule has 0 aromatic carbocycles. The average molecular weight is 1640 g/mol. The van der Waals surface area contributed by atoms with Gasteiger partial charge in [-0.1, -0.05) is 441 Å². The lowest BCUT2D eigenvalue weighted by Gasteiger charge is -2.59. The largest absolute Gasteiger partial charge is 0.750 e.